The SMILES string of the molecule is CC1=CCN(c2cc(CNCC(C)C)ccn2)CC1. The predicted octanol–water partition coefficient (Wildman–Crippen LogP) is 2.98. The minimum atomic E-state index is 0.691. The number of pyridine rings is 1. The van der Waals surface area contributed by atoms with Crippen LogP contribution in [-0.4, -0.2) is 24.6 Å². The fraction of sp³-hybridized carbons (Fsp3) is 0.562. The smallest absolute Gasteiger partial charge is 0.129 e. The van der Waals surface area contributed by atoms with Gasteiger partial charge in [0.15, 0.2) is 0 Å². The first-order chi connectivity index (χ1) is 9.15. The number of aromatic nitrogens is 1. The Balaban J connectivity index is 1.95. The van der Waals surface area contributed by atoms with Crippen molar-refractivity contribution in [2.75, 3.05) is 24.5 Å². The molecule has 1 N–H and O–H groups in total. The zero-order valence-corrected chi connectivity index (χ0v) is 12.3. The van der Waals surface area contributed by atoms with Gasteiger partial charge in [0, 0.05) is 25.8 Å². The zero-order valence-electron chi connectivity index (χ0n) is 12.3. The third-order valence-corrected chi connectivity index (χ3v) is 3.45. The summed E-state index contributed by atoms with van der Waals surface area (Å²) < 4.78 is 0. The molecule has 0 fully saturated rings. The van der Waals surface area contributed by atoms with Crippen molar-refractivity contribution in [3.05, 3.63) is 35.5 Å². The van der Waals surface area contributed by atoms with Crippen LogP contribution in [0.5, 0.6) is 0 Å². The molecule has 3 heteroatoms. The van der Waals surface area contributed by atoms with E-state index in [1.807, 2.05) is 6.20 Å². The molecule has 0 unspecified atom stereocenters. The molecule has 0 atom stereocenters. The van der Waals surface area contributed by atoms with Gasteiger partial charge in [-0.3, -0.25) is 0 Å². The highest BCUT2D eigenvalue weighted by molar-refractivity contribution is 5.43. The van der Waals surface area contributed by atoms with E-state index in [2.05, 4.69) is 54.2 Å². The fourth-order valence-corrected chi connectivity index (χ4v) is 2.23. The Morgan fingerprint density at radius 2 is 2.26 bits per heavy atom. The summed E-state index contributed by atoms with van der Waals surface area (Å²) in [6.07, 6.45) is 5.37. The molecule has 104 valence electrons. The maximum absolute atomic E-state index is 4.50. The van der Waals surface area contributed by atoms with Crippen LogP contribution < -0.4 is 10.2 Å². The quantitative estimate of drug-likeness (QED) is 0.824. The third kappa shape index (κ3) is 4.35. The van der Waals surface area contributed by atoms with E-state index in [1.165, 1.54) is 11.1 Å². The van der Waals surface area contributed by atoms with Crippen molar-refractivity contribution in [3.63, 3.8) is 0 Å². The molecule has 0 saturated carbocycles. The van der Waals surface area contributed by atoms with E-state index in [0.717, 1.165) is 38.4 Å². The van der Waals surface area contributed by atoms with Gasteiger partial charge in [0.1, 0.15) is 5.82 Å². The van der Waals surface area contributed by atoms with Crippen molar-refractivity contribution in [2.45, 2.75) is 33.7 Å². The van der Waals surface area contributed by atoms with Crippen LogP contribution in [0.2, 0.25) is 0 Å². The molecule has 0 bridgehead atoms. The van der Waals surface area contributed by atoms with E-state index in [1.54, 1.807) is 0 Å². The molecule has 19 heavy (non-hydrogen) atoms. The van der Waals surface area contributed by atoms with E-state index in [4.69, 9.17) is 0 Å². The topological polar surface area (TPSA) is 28.2 Å². The van der Waals surface area contributed by atoms with E-state index >= 15 is 0 Å². The van der Waals surface area contributed by atoms with Crippen molar-refractivity contribution in [3.8, 4) is 0 Å². The second-order valence-corrected chi connectivity index (χ2v) is 5.79. The normalized spacial score (nSPS) is 15.8. The van der Waals surface area contributed by atoms with E-state index < -0.39 is 0 Å². The second kappa shape index (κ2) is 6.71. The van der Waals surface area contributed by atoms with Gasteiger partial charge >= 0.3 is 0 Å². The van der Waals surface area contributed by atoms with Crippen LogP contribution in [-0.2, 0) is 6.54 Å². The van der Waals surface area contributed by atoms with Crippen LogP contribution in [0.4, 0.5) is 5.82 Å². The molecule has 0 aromatic carbocycles. The minimum Gasteiger partial charge on any atom is -0.353 e. The summed E-state index contributed by atoms with van der Waals surface area (Å²) in [6.45, 7) is 10.7. The van der Waals surface area contributed by atoms with Gasteiger partial charge in [0.25, 0.3) is 0 Å². The number of hydrogen-bond donors (Lipinski definition) is 1. The van der Waals surface area contributed by atoms with Gasteiger partial charge in [-0.15, -0.1) is 0 Å². The lowest BCUT2D eigenvalue weighted by molar-refractivity contribution is 0.552. The lowest BCUT2D eigenvalue weighted by atomic mass is 10.1. The van der Waals surface area contributed by atoms with E-state index in [0.29, 0.717) is 5.92 Å². The van der Waals surface area contributed by atoms with Gasteiger partial charge in [0.2, 0.25) is 0 Å². The van der Waals surface area contributed by atoms with Crippen LogP contribution in [0.3, 0.4) is 0 Å². The molecule has 0 radical (unpaired) electrons. The molecule has 2 rings (SSSR count). The van der Waals surface area contributed by atoms with E-state index in [-0.39, 0.29) is 0 Å². The van der Waals surface area contributed by atoms with Crippen LogP contribution in [0, 0.1) is 5.92 Å². The Bertz CT molecular complexity index is 437. The molecule has 1 aromatic heterocycles. The molecule has 1 aliphatic rings. The van der Waals surface area contributed by atoms with Gasteiger partial charge in [-0.25, -0.2) is 4.98 Å². The Morgan fingerprint density at radius 3 is 2.95 bits per heavy atom. The lowest BCUT2D eigenvalue weighted by Crippen LogP contribution is -2.29. The van der Waals surface area contributed by atoms with Gasteiger partial charge in [-0.05, 0) is 43.5 Å². The van der Waals surface area contributed by atoms with E-state index in [9.17, 15) is 0 Å². The first-order valence-electron chi connectivity index (χ1n) is 7.21. The molecule has 0 amide bonds. The molecular formula is C16H25N3. The third-order valence-electron chi connectivity index (χ3n) is 3.45. The molecule has 1 aliphatic heterocycles. The Labute approximate surface area is 116 Å². The summed E-state index contributed by atoms with van der Waals surface area (Å²) >= 11 is 0. The summed E-state index contributed by atoms with van der Waals surface area (Å²) in [5.74, 6) is 1.80. The molecule has 0 saturated heterocycles. The molecule has 3 nitrogen and oxygen atoms in total. The number of nitrogens with one attached hydrogen (secondary N) is 1. The predicted molar refractivity (Wildman–Crippen MR) is 81.4 cm³/mol. The van der Waals surface area contributed by atoms with Crippen LogP contribution in [0.1, 0.15) is 32.8 Å². The van der Waals surface area contributed by atoms with Crippen molar-refractivity contribution in [1.82, 2.24) is 10.3 Å². The Kier molecular flexibility index (Phi) is 4.97. The Hall–Kier alpha value is -1.35. The number of hydrogen-bond acceptors (Lipinski definition) is 3. The average molecular weight is 259 g/mol. The highest BCUT2D eigenvalue weighted by Gasteiger charge is 2.11. The number of rotatable bonds is 5. The summed E-state index contributed by atoms with van der Waals surface area (Å²) in [4.78, 5) is 6.85. The van der Waals surface area contributed by atoms with Crippen LogP contribution in [0.25, 0.3) is 0 Å². The fourth-order valence-electron chi connectivity index (χ4n) is 2.23. The van der Waals surface area contributed by atoms with Crippen molar-refractivity contribution in [1.29, 1.82) is 0 Å². The van der Waals surface area contributed by atoms with Crippen molar-refractivity contribution < 1.29 is 0 Å². The minimum absolute atomic E-state index is 0.691. The summed E-state index contributed by atoms with van der Waals surface area (Å²) in [5.41, 5.74) is 2.81. The van der Waals surface area contributed by atoms with Gasteiger partial charge in [-0.1, -0.05) is 25.5 Å². The zero-order chi connectivity index (χ0) is 13.7. The van der Waals surface area contributed by atoms with Crippen LogP contribution >= 0.6 is 0 Å². The lowest BCUT2D eigenvalue weighted by Gasteiger charge is -2.26. The second-order valence-electron chi connectivity index (χ2n) is 5.79. The van der Waals surface area contributed by atoms with Crippen molar-refractivity contribution >= 4 is 5.82 Å². The number of nitrogens with zero attached hydrogens (tertiary/aromatic N) is 2. The standard InChI is InChI=1S/C16H25N3/c1-13(2)11-17-12-15-4-7-18-16(10-15)19-8-5-14(3)6-9-19/h4-5,7,10,13,17H,6,8-9,11-12H2,1-3H3. The van der Waals surface area contributed by atoms with Gasteiger partial charge in [0.05, 0.1) is 0 Å². The van der Waals surface area contributed by atoms with Crippen molar-refractivity contribution in [2.24, 2.45) is 5.92 Å². The van der Waals surface area contributed by atoms with Gasteiger partial charge in [-0.2, -0.15) is 0 Å². The molecule has 1 aromatic rings. The molecular weight excluding hydrogens is 234 g/mol. The first kappa shape index (κ1) is 14.1. The van der Waals surface area contributed by atoms with Gasteiger partial charge < -0.3 is 10.2 Å². The molecule has 0 spiro atoms. The van der Waals surface area contributed by atoms with Crippen LogP contribution in [0.15, 0.2) is 30.0 Å². The summed E-state index contributed by atoms with van der Waals surface area (Å²) in [5, 5.41) is 3.48. The highest BCUT2D eigenvalue weighted by Crippen LogP contribution is 2.18. The average Bonchev–Trinajstić information content (AvgIpc) is 2.39. The summed E-state index contributed by atoms with van der Waals surface area (Å²) in [7, 11) is 0. The first-order valence-corrected chi connectivity index (χ1v) is 7.21. The molecule has 2 heterocycles. The summed E-state index contributed by atoms with van der Waals surface area (Å²) in [6, 6.07) is 4.31. The monoisotopic (exact) mass is 259 g/mol. The number of anilines is 1. The maximum atomic E-state index is 4.50. The molecule has 0 aliphatic carbocycles. The maximum Gasteiger partial charge on any atom is 0.129 e. The highest BCUT2D eigenvalue weighted by atomic mass is 15.2. The Morgan fingerprint density at radius 1 is 1.42 bits per heavy atom. The largest absolute Gasteiger partial charge is 0.353 e.